The molecule has 1 aromatic heterocycles. The molecule has 1 heterocycles. The van der Waals surface area contributed by atoms with Gasteiger partial charge in [-0.15, -0.1) is 0 Å². The van der Waals surface area contributed by atoms with Crippen molar-refractivity contribution in [2.45, 2.75) is 6.54 Å². The Bertz CT molecular complexity index is 422. The van der Waals surface area contributed by atoms with Crippen LogP contribution in [0.1, 0.15) is 5.69 Å². The molecule has 2 N–H and O–H groups in total. The molecule has 0 fully saturated rings. The van der Waals surface area contributed by atoms with Gasteiger partial charge in [-0.1, -0.05) is 0 Å². The van der Waals surface area contributed by atoms with Crippen molar-refractivity contribution in [3.05, 3.63) is 24.0 Å². The number of aryl methyl sites for hydroxylation is 1. The van der Waals surface area contributed by atoms with E-state index in [9.17, 15) is 4.79 Å². The zero-order valence-corrected chi connectivity index (χ0v) is 11.4. The van der Waals surface area contributed by atoms with E-state index in [-0.39, 0.29) is 12.5 Å². The van der Waals surface area contributed by atoms with Crippen molar-refractivity contribution in [3.8, 4) is 0 Å². The molecule has 0 aliphatic rings. The van der Waals surface area contributed by atoms with Crippen LogP contribution in [-0.2, 0) is 18.4 Å². The molecule has 6 heteroatoms. The summed E-state index contributed by atoms with van der Waals surface area (Å²) in [7, 11) is 7.12. The lowest BCUT2D eigenvalue weighted by Crippen LogP contribution is -2.42. The van der Waals surface area contributed by atoms with E-state index in [1.165, 1.54) is 4.90 Å². The van der Waals surface area contributed by atoms with Crippen molar-refractivity contribution < 1.29 is 4.79 Å². The number of nitrogens with zero attached hydrogens (tertiary/aromatic N) is 3. The fraction of sp³-hybridized carbons (Fsp3) is 0.500. The maximum Gasteiger partial charge on any atom is 0.241 e. The van der Waals surface area contributed by atoms with Gasteiger partial charge in [0.1, 0.15) is 0 Å². The van der Waals surface area contributed by atoms with E-state index in [0.717, 1.165) is 5.69 Å². The smallest absolute Gasteiger partial charge is 0.241 e. The lowest BCUT2D eigenvalue weighted by molar-refractivity contribution is -0.127. The van der Waals surface area contributed by atoms with Crippen LogP contribution < -0.4 is 10.6 Å². The molecule has 6 nitrogen and oxygen atoms in total. The number of guanidine groups is 1. The molecular weight excluding hydrogens is 230 g/mol. The van der Waals surface area contributed by atoms with Crippen LogP contribution >= 0.6 is 0 Å². The first kappa shape index (κ1) is 14.1. The van der Waals surface area contributed by atoms with Gasteiger partial charge in [0.15, 0.2) is 5.96 Å². The van der Waals surface area contributed by atoms with Gasteiger partial charge in [-0.05, 0) is 12.1 Å². The van der Waals surface area contributed by atoms with Gasteiger partial charge in [0.2, 0.25) is 5.91 Å². The lowest BCUT2D eigenvalue weighted by atomic mass is 10.4. The number of hydrogen-bond acceptors (Lipinski definition) is 2. The van der Waals surface area contributed by atoms with Crippen LogP contribution in [0.2, 0.25) is 0 Å². The van der Waals surface area contributed by atoms with Gasteiger partial charge in [-0.25, -0.2) is 0 Å². The zero-order valence-electron chi connectivity index (χ0n) is 11.4. The van der Waals surface area contributed by atoms with Crippen LogP contribution in [0.15, 0.2) is 23.3 Å². The Hall–Kier alpha value is -1.98. The second kappa shape index (κ2) is 6.68. The summed E-state index contributed by atoms with van der Waals surface area (Å²) in [5.41, 5.74) is 1.15. The van der Waals surface area contributed by atoms with E-state index in [1.807, 2.05) is 29.9 Å². The largest absolute Gasteiger partial charge is 0.353 e. The molecule has 0 aliphatic heterocycles. The van der Waals surface area contributed by atoms with E-state index >= 15 is 0 Å². The summed E-state index contributed by atoms with van der Waals surface area (Å²) in [6, 6.07) is 4.02. The molecule has 0 radical (unpaired) electrons. The quantitative estimate of drug-likeness (QED) is 0.574. The molecule has 1 aromatic rings. The average molecular weight is 251 g/mol. The first-order chi connectivity index (χ1) is 8.54. The molecule has 0 spiro atoms. The number of nitrogens with one attached hydrogen (secondary N) is 2. The van der Waals surface area contributed by atoms with E-state index in [1.54, 1.807) is 21.1 Å². The predicted molar refractivity (Wildman–Crippen MR) is 72.3 cm³/mol. The Morgan fingerprint density at radius 1 is 1.44 bits per heavy atom. The molecule has 0 saturated carbocycles. The third kappa shape index (κ3) is 4.12. The molecule has 1 rings (SSSR count). The summed E-state index contributed by atoms with van der Waals surface area (Å²) < 4.78 is 2.03. The predicted octanol–water partition coefficient (Wildman–Crippen LogP) is -0.222. The van der Waals surface area contributed by atoms with Crippen LogP contribution in [0.5, 0.6) is 0 Å². The highest BCUT2D eigenvalue weighted by atomic mass is 16.2. The number of rotatable bonds is 4. The third-order valence-corrected chi connectivity index (χ3v) is 2.62. The summed E-state index contributed by atoms with van der Waals surface area (Å²) in [5.74, 6) is 0.628. The molecule has 100 valence electrons. The Morgan fingerprint density at radius 2 is 2.17 bits per heavy atom. The Balaban J connectivity index is 2.40. The maximum atomic E-state index is 11.4. The first-order valence-electron chi connectivity index (χ1n) is 5.79. The van der Waals surface area contributed by atoms with E-state index in [2.05, 4.69) is 15.6 Å². The Morgan fingerprint density at radius 3 is 2.67 bits per heavy atom. The zero-order chi connectivity index (χ0) is 13.5. The highest BCUT2D eigenvalue weighted by Crippen LogP contribution is 1.97. The number of carbonyl (C=O) groups is 1. The normalized spacial score (nSPS) is 11.2. The van der Waals surface area contributed by atoms with Crippen molar-refractivity contribution in [2.24, 2.45) is 12.0 Å². The van der Waals surface area contributed by atoms with Crippen molar-refractivity contribution in [3.63, 3.8) is 0 Å². The molecule has 0 saturated heterocycles. The van der Waals surface area contributed by atoms with Gasteiger partial charge >= 0.3 is 0 Å². The molecule has 0 aromatic carbocycles. The minimum Gasteiger partial charge on any atom is -0.353 e. The number of aliphatic imine (C=N–C) groups is 1. The fourth-order valence-electron chi connectivity index (χ4n) is 1.39. The number of hydrogen-bond donors (Lipinski definition) is 2. The molecule has 0 atom stereocenters. The molecule has 0 unspecified atom stereocenters. The summed E-state index contributed by atoms with van der Waals surface area (Å²) >= 11 is 0. The minimum absolute atomic E-state index is 0.0109. The van der Waals surface area contributed by atoms with Crippen LogP contribution in [0.4, 0.5) is 0 Å². The van der Waals surface area contributed by atoms with Gasteiger partial charge in [-0.2, -0.15) is 0 Å². The molecule has 0 aliphatic carbocycles. The number of likely N-dealkylation sites (N-methyl/N-ethyl adjacent to an activating group) is 1. The second-order valence-electron chi connectivity index (χ2n) is 4.18. The SMILES string of the molecule is CN=C(NCC(=O)N(C)C)NCc1cccn1C. The third-order valence-electron chi connectivity index (χ3n) is 2.62. The van der Waals surface area contributed by atoms with E-state index < -0.39 is 0 Å². The van der Waals surface area contributed by atoms with Crippen molar-refractivity contribution in [1.82, 2.24) is 20.1 Å². The standard InChI is InChI=1S/C12H21N5O/c1-13-12(15-9-11(18)16(2)3)14-8-10-6-5-7-17(10)4/h5-7H,8-9H2,1-4H3,(H2,13,14,15). The van der Waals surface area contributed by atoms with Gasteiger partial charge in [0.25, 0.3) is 0 Å². The summed E-state index contributed by atoms with van der Waals surface area (Å²) in [6.45, 7) is 0.902. The summed E-state index contributed by atoms with van der Waals surface area (Å²) in [4.78, 5) is 17.0. The monoisotopic (exact) mass is 251 g/mol. The van der Waals surface area contributed by atoms with Crippen molar-refractivity contribution in [2.75, 3.05) is 27.7 Å². The minimum atomic E-state index is 0.0109. The van der Waals surface area contributed by atoms with Gasteiger partial charge in [0, 0.05) is 40.1 Å². The highest BCUT2D eigenvalue weighted by molar-refractivity contribution is 5.86. The molecule has 18 heavy (non-hydrogen) atoms. The number of aromatic nitrogens is 1. The number of carbonyl (C=O) groups excluding carboxylic acids is 1. The lowest BCUT2D eigenvalue weighted by Gasteiger charge is -2.14. The molecular formula is C12H21N5O. The molecule has 1 amide bonds. The highest BCUT2D eigenvalue weighted by Gasteiger charge is 2.05. The fourth-order valence-corrected chi connectivity index (χ4v) is 1.39. The topological polar surface area (TPSA) is 61.7 Å². The van der Waals surface area contributed by atoms with Gasteiger partial charge in [0.05, 0.1) is 13.1 Å². The van der Waals surface area contributed by atoms with Crippen LogP contribution in [0, 0.1) is 0 Å². The average Bonchev–Trinajstić information content (AvgIpc) is 2.74. The van der Waals surface area contributed by atoms with E-state index in [0.29, 0.717) is 12.5 Å². The Kier molecular flexibility index (Phi) is 5.23. The maximum absolute atomic E-state index is 11.4. The van der Waals surface area contributed by atoms with Crippen molar-refractivity contribution in [1.29, 1.82) is 0 Å². The second-order valence-corrected chi connectivity index (χ2v) is 4.18. The molecule has 0 bridgehead atoms. The van der Waals surface area contributed by atoms with Gasteiger partial charge < -0.3 is 20.1 Å². The Labute approximate surface area is 108 Å². The number of amides is 1. The van der Waals surface area contributed by atoms with Crippen LogP contribution in [0.25, 0.3) is 0 Å². The van der Waals surface area contributed by atoms with Crippen LogP contribution in [-0.4, -0.2) is 49.0 Å². The summed E-state index contributed by atoms with van der Waals surface area (Å²) in [5, 5.41) is 6.13. The summed E-state index contributed by atoms with van der Waals surface area (Å²) in [6.07, 6.45) is 1.99. The van der Waals surface area contributed by atoms with Gasteiger partial charge in [-0.3, -0.25) is 9.79 Å². The van der Waals surface area contributed by atoms with Crippen molar-refractivity contribution >= 4 is 11.9 Å². The van der Waals surface area contributed by atoms with E-state index in [4.69, 9.17) is 0 Å². The first-order valence-corrected chi connectivity index (χ1v) is 5.79. The van der Waals surface area contributed by atoms with Crippen LogP contribution in [0.3, 0.4) is 0 Å².